The molecule has 1 aliphatic rings. The molecule has 0 bridgehead atoms. The van der Waals surface area contributed by atoms with Crippen molar-refractivity contribution >= 4 is 34.3 Å². The Bertz CT molecular complexity index is 776. The van der Waals surface area contributed by atoms with E-state index < -0.39 is 18.0 Å². The monoisotopic (exact) mass is 360 g/mol. The molecular weight excluding hydrogens is 344 g/mol. The molecule has 130 valence electrons. The summed E-state index contributed by atoms with van der Waals surface area (Å²) in [5.41, 5.74) is 0.789. The van der Waals surface area contributed by atoms with Crippen molar-refractivity contribution in [3.8, 4) is 5.75 Å². The molecule has 3 rings (SSSR count). The van der Waals surface area contributed by atoms with E-state index in [1.165, 1.54) is 11.3 Å². The highest BCUT2D eigenvalue weighted by Gasteiger charge is 2.39. The van der Waals surface area contributed by atoms with Gasteiger partial charge in [0.1, 0.15) is 11.8 Å². The molecule has 0 saturated carbocycles. The number of carbonyl (C=O) groups excluding carboxylic acids is 3. The number of methoxy groups -OCH3 is 1. The molecule has 0 aliphatic carbocycles. The zero-order valence-corrected chi connectivity index (χ0v) is 14.2. The minimum absolute atomic E-state index is 0.136. The number of hydrogen-bond acceptors (Lipinski definition) is 6. The Balaban J connectivity index is 1.60. The van der Waals surface area contributed by atoms with E-state index in [0.29, 0.717) is 10.9 Å². The molecule has 1 saturated heterocycles. The fourth-order valence-electron chi connectivity index (χ4n) is 2.42. The number of anilines is 1. The van der Waals surface area contributed by atoms with E-state index in [-0.39, 0.29) is 18.9 Å². The Labute approximate surface area is 147 Å². The van der Waals surface area contributed by atoms with Crippen LogP contribution in [0, 0.1) is 0 Å². The Hall–Kier alpha value is -2.94. The van der Waals surface area contributed by atoms with E-state index in [1.54, 1.807) is 43.0 Å². The third kappa shape index (κ3) is 3.94. The zero-order valence-electron chi connectivity index (χ0n) is 13.4. The summed E-state index contributed by atoms with van der Waals surface area (Å²) in [4.78, 5) is 41.5. The molecule has 2 heterocycles. The molecule has 0 spiro atoms. The van der Waals surface area contributed by atoms with Crippen molar-refractivity contribution in [1.29, 1.82) is 0 Å². The molecule has 1 unspecified atom stereocenters. The summed E-state index contributed by atoms with van der Waals surface area (Å²) < 4.78 is 5.08. The maximum atomic E-state index is 12.4. The van der Waals surface area contributed by atoms with Crippen LogP contribution in [0.3, 0.4) is 0 Å². The highest BCUT2D eigenvalue weighted by atomic mass is 32.1. The molecule has 1 aromatic carbocycles. The van der Waals surface area contributed by atoms with Crippen molar-refractivity contribution in [3.05, 3.63) is 41.4 Å². The van der Waals surface area contributed by atoms with Crippen LogP contribution >= 0.6 is 11.3 Å². The van der Waals surface area contributed by atoms with Crippen molar-refractivity contribution in [2.75, 3.05) is 12.4 Å². The number of thiazole rings is 1. The van der Waals surface area contributed by atoms with Gasteiger partial charge in [0, 0.05) is 11.6 Å². The first kappa shape index (κ1) is 16.9. The predicted octanol–water partition coefficient (Wildman–Crippen LogP) is 1.60. The maximum absolute atomic E-state index is 12.4. The summed E-state index contributed by atoms with van der Waals surface area (Å²) in [5, 5.41) is 7.32. The number of amides is 4. The molecular formula is C16H16N4O4S. The van der Waals surface area contributed by atoms with Gasteiger partial charge in [-0.3, -0.25) is 14.5 Å². The quantitative estimate of drug-likeness (QED) is 0.762. The molecule has 1 aliphatic heterocycles. The number of urea groups is 1. The van der Waals surface area contributed by atoms with Gasteiger partial charge in [0.2, 0.25) is 5.91 Å². The van der Waals surface area contributed by atoms with Crippen molar-refractivity contribution in [3.63, 3.8) is 0 Å². The first-order valence-corrected chi connectivity index (χ1v) is 8.39. The first-order valence-electron chi connectivity index (χ1n) is 7.51. The standard InChI is InChI=1S/C16H16N4O4S/c1-24-11-4-2-10(3-5-11)9-20-14(22)12(18-16(20)23)8-13(21)19-15-17-6-7-25-15/h2-7,12H,8-9H2,1H3,(H,18,23)(H,17,19,21). The van der Waals surface area contributed by atoms with Crippen molar-refractivity contribution in [2.24, 2.45) is 0 Å². The summed E-state index contributed by atoms with van der Waals surface area (Å²) in [7, 11) is 1.56. The van der Waals surface area contributed by atoms with Crippen LogP contribution in [0.1, 0.15) is 12.0 Å². The third-order valence-corrected chi connectivity index (χ3v) is 4.36. The van der Waals surface area contributed by atoms with Crippen molar-refractivity contribution < 1.29 is 19.1 Å². The number of hydrogen-bond donors (Lipinski definition) is 2. The number of carbonyl (C=O) groups is 3. The van der Waals surface area contributed by atoms with Crippen LogP contribution in [0.2, 0.25) is 0 Å². The van der Waals surface area contributed by atoms with Crippen molar-refractivity contribution in [1.82, 2.24) is 15.2 Å². The van der Waals surface area contributed by atoms with Gasteiger partial charge in [-0.05, 0) is 17.7 Å². The second kappa shape index (κ2) is 7.31. The highest BCUT2D eigenvalue weighted by molar-refractivity contribution is 7.13. The summed E-state index contributed by atoms with van der Waals surface area (Å²) >= 11 is 1.28. The number of aromatic nitrogens is 1. The molecule has 0 radical (unpaired) electrons. The molecule has 9 heteroatoms. The van der Waals surface area contributed by atoms with Gasteiger partial charge < -0.3 is 15.4 Å². The zero-order chi connectivity index (χ0) is 17.8. The number of benzene rings is 1. The molecule has 1 aromatic heterocycles. The minimum atomic E-state index is -0.870. The Morgan fingerprint density at radius 3 is 2.76 bits per heavy atom. The average Bonchev–Trinajstić information content (AvgIpc) is 3.19. The smallest absolute Gasteiger partial charge is 0.325 e. The molecule has 25 heavy (non-hydrogen) atoms. The van der Waals surface area contributed by atoms with E-state index in [2.05, 4.69) is 15.6 Å². The van der Waals surface area contributed by atoms with Crippen LogP contribution in [0.4, 0.5) is 9.93 Å². The predicted molar refractivity (Wildman–Crippen MR) is 91.2 cm³/mol. The SMILES string of the molecule is COc1ccc(CN2C(=O)NC(CC(=O)Nc3nccs3)C2=O)cc1. The van der Waals surface area contributed by atoms with E-state index in [4.69, 9.17) is 4.74 Å². The maximum Gasteiger partial charge on any atom is 0.325 e. The van der Waals surface area contributed by atoms with Gasteiger partial charge in [0.15, 0.2) is 5.13 Å². The Kier molecular flexibility index (Phi) is 4.94. The van der Waals surface area contributed by atoms with Crippen molar-refractivity contribution in [2.45, 2.75) is 19.0 Å². The fourth-order valence-corrected chi connectivity index (χ4v) is 2.96. The fraction of sp³-hybridized carbons (Fsp3) is 0.250. The Morgan fingerprint density at radius 2 is 2.12 bits per heavy atom. The Morgan fingerprint density at radius 1 is 1.36 bits per heavy atom. The largest absolute Gasteiger partial charge is 0.497 e. The van der Waals surface area contributed by atoms with Crippen LogP contribution in [0.15, 0.2) is 35.8 Å². The number of nitrogens with zero attached hydrogens (tertiary/aromatic N) is 2. The molecule has 4 amide bonds. The van der Waals surface area contributed by atoms with Gasteiger partial charge in [-0.1, -0.05) is 12.1 Å². The van der Waals surface area contributed by atoms with Gasteiger partial charge in [-0.15, -0.1) is 11.3 Å². The van der Waals surface area contributed by atoms with E-state index in [0.717, 1.165) is 10.5 Å². The van der Waals surface area contributed by atoms with Crippen LogP contribution in [-0.2, 0) is 16.1 Å². The van der Waals surface area contributed by atoms with Crippen LogP contribution < -0.4 is 15.4 Å². The summed E-state index contributed by atoms with van der Waals surface area (Å²) in [6, 6.07) is 5.70. The first-order chi connectivity index (χ1) is 12.1. The van der Waals surface area contributed by atoms with Gasteiger partial charge in [-0.2, -0.15) is 0 Å². The molecule has 1 atom stereocenters. The van der Waals surface area contributed by atoms with Gasteiger partial charge >= 0.3 is 6.03 Å². The van der Waals surface area contributed by atoms with E-state index >= 15 is 0 Å². The number of imide groups is 1. The molecule has 1 fully saturated rings. The van der Waals surface area contributed by atoms with E-state index in [1.807, 2.05) is 0 Å². The third-order valence-electron chi connectivity index (χ3n) is 3.67. The number of rotatable bonds is 6. The van der Waals surface area contributed by atoms with Crippen LogP contribution in [0.5, 0.6) is 5.75 Å². The number of ether oxygens (including phenoxy) is 1. The lowest BCUT2D eigenvalue weighted by atomic mass is 10.1. The van der Waals surface area contributed by atoms with Crippen LogP contribution in [0.25, 0.3) is 0 Å². The second-order valence-electron chi connectivity index (χ2n) is 5.36. The average molecular weight is 360 g/mol. The summed E-state index contributed by atoms with van der Waals surface area (Å²) in [6.07, 6.45) is 1.43. The summed E-state index contributed by atoms with van der Waals surface area (Å²) in [6.45, 7) is 0.138. The van der Waals surface area contributed by atoms with E-state index in [9.17, 15) is 14.4 Å². The van der Waals surface area contributed by atoms with Gasteiger partial charge in [0.25, 0.3) is 5.91 Å². The van der Waals surface area contributed by atoms with Crippen LogP contribution in [-0.4, -0.2) is 40.9 Å². The lowest BCUT2D eigenvalue weighted by Gasteiger charge is -2.13. The topological polar surface area (TPSA) is 101 Å². The molecule has 2 N–H and O–H groups in total. The lowest BCUT2D eigenvalue weighted by Crippen LogP contribution is -2.34. The summed E-state index contributed by atoms with van der Waals surface area (Å²) in [5.74, 6) is -0.104. The molecule has 8 nitrogen and oxygen atoms in total. The minimum Gasteiger partial charge on any atom is -0.497 e. The second-order valence-corrected chi connectivity index (χ2v) is 6.26. The normalized spacial score (nSPS) is 16.7. The van der Waals surface area contributed by atoms with Gasteiger partial charge in [0.05, 0.1) is 20.1 Å². The lowest BCUT2D eigenvalue weighted by molar-refractivity contribution is -0.130. The highest BCUT2D eigenvalue weighted by Crippen LogP contribution is 2.18. The number of nitrogens with one attached hydrogen (secondary N) is 2. The molecule has 2 aromatic rings. The van der Waals surface area contributed by atoms with Gasteiger partial charge in [-0.25, -0.2) is 9.78 Å².